The van der Waals surface area contributed by atoms with E-state index >= 15 is 0 Å². The Balaban J connectivity index is 1.90. The molecule has 1 amide bonds. The number of aryl methyl sites for hydroxylation is 1. The van der Waals surface area contributed by atoms with Gasteiger partial charge in [-0.05, 0) is 77.5 Å². The van der Waals surface area contributed by atoms with Gasteiger partial charge in [-0.1, -0.05) is 0 Å². The molecule has 0 atom stereocenters. The molecule has 0 unspecified atom stereocenters. The number of hydrogen-bond acceptors (Lipinski definition) is 3. The highest BCUT2D eigenvalue weighted by atomic mass is 127. The van der Waals surface area contributed by atoms with E-state index < -0.39 is 0 Å². The average Bonchev–Trinajstić information content (AvgIpc) is 2.41. The summed E-state index contributed by atoms with van der Waals surface area (Å²) >= 11 is 3.75. The van der Waals surface area contributed by atoms with E-state index in [0.717, 1.165) is 25.4 Å². The first-order valence-electron chi connectivity index (χ1n) is 6.09. The van der Waals surface area contributed by atoms with E-state index in [4.69, 9.17) is 5.73 Å². The second kappa shape index (κ2) is 6.99. The minimum Gasteiger partial charge on any atom is -0.399 e. The number of nitrogens with one attached hydrogen (secondary N) is 1. The number of rotatable bonds is 4. The Morgan fingerprint density at radius 2 is 1.95 bits per heavy atom. The van der Waals surface area contributed by atoms with Crippen LogP contribution < -0.4 is 11.1 Å². The number of nitrogen functional groups attached to an aromatic ring is 1. The van der Waals surface area contributed by atoms with Gasteiger partial charge >= 0.3 is 0 Å². The van der Waals surface area contributed by atoms with Crippen LogP contribution in [0.25, 0.3) is 0 Å². The van der Waals surface area contributed by atoms with Crippen LogP contribution in [0.2, 0.25) is 0 Å². The maximum absolute atomic E-state index is 11.9. The van der Waals surface area contributed by atoms with Gasteiger partial charge in [-0.15, -0.1) is 11.8 Å². The summed E-state index contributed by atoms with van der Waals surface area (Å²) in [5, 5.41) is 2.93. The summed E-state index contributed by atoms with van der Waals surface area (Å²) in [5.74, 6) is 0.381. The summed E-state index contributed by atoms with van der Waals surface area (Å²) in [6.45, 7) is 1.99. The highest BCUT2D eigenvalue weighted by molar-refractivity contribution is 14.1. The Morgan fingerprint density at radius 1 is 1.25 bits per heavy atom. The van der Waals surface area contributed by atoms with Gasteiger partial charge in [0.05, 0.1) is 5.75 Å². The maximum Gasteiger partial charge on any atom is 0.234 e. The fourth-order valence-electron chi connectivity index (χ4n) is 1.67. The number of benzene rings is 2. The molecule has 0 aliphatic carbocycles. The fraction of sp³-hybridized carbons (Fsp3) is 0.133. The molecule has 0 heterocycles. The van der Waals surface area contributed by atoms with Gasteiger partial charge in [-0.25, -0.2) is 0 Å². The van der Waals surface area contributed by atoms with E-state index in [1.54, 1.807) is 0 Å². The van der Waals surface area contributed by atoms with Crippen molar-refractivity contribution >= 4 is 51.6 Å². The molecule has 0 saturated carbocycles. The lowest BCUT2D eigenvalue weighted by atomic mass is 10.2. The number of carbonyl (C=O) groups excluding carboxylic acids is 1. The number of halogens is 1. The van der Waals surface area contributed by atoms with Gasteiger partial charge < -0.3 is 11.1 Å². The quantitative estimate of drug-likeness (QED) is 0.467. The largest absolute Gasteiger partial charge is 0.399 e. The Kier molecular flexibility index (Phi) is 5.31. The summed E-state index contributed by atoms with van der Waals surface area (Å²) in [4.78, 5) is 13.0. The third-order valence-corrected chi connectivity index (χ3v) is 4.40. The van der Waals surface area contributed by atoms with Crippen LogP contribution in [0, 0.1) is 10.5 Å². The van der Waals surface area contributed by atoms with Crippen molar-refractivity contribution in [3.63, 3.8) is 0 Å². The molecule has 0 fully saturated rings. The van der Waals surface area contributed by atoms with E-state index in [1.165, 1.54) is 11.8 Å². The maximum atomic E-state index is 11.9. The van der Waals surface area contributed by atoms with Crippen molar-refractivity contribution in [2.24, 2.45) is 0 Å². The molecular formula is C15H15IN2OS. The summed E-state index contributed by atoms with van der Waals surface area (Å²) in [6.07, 6.45) is 0. The minimum atomic E-state index is -0.00358. The SMILES string of the molecule is Cc1cc(I)ccc1NC(=O)CSc1ccc(N)cc1. The second-order valence-corrected chi connectivity index (χ2v) is 6.66. The molecular weight excluding hydrogens is 383 g/mol. The summed E-state index contributed by atoms with van der Waals surface area (Å²) in [7, 11) is 0. The van der Waals surface area contributed by atoms with Crippen molar-refractivity contribution in [2.45, 2.75) is 11.8 Å². The van der Waals surface area contributed by atoms with Crippen LogP contribution in [-0.2, 0) is 4.79 Å². The normalized spacial score (nSPS) is 10.3. The Hall–Kier alpha value is -1.21. The third kappa shape index (κ3) is 4.42. The highest BCUT2D eigenvalue weighted by Crippen LogP contribution is 2.21. The van der Waals surface area contributed by atoms with Crippen molar-refractivity contribution < 1.29 is 4.79 Å². The van der Waals surface area contributed by atoms with Gasteiger partial charge in [0, 0.05) is 19.8 Å². The lowest BCUT2D eigenvalue weighted by Crippen LogP contribution is -2.14. The third-order valence-electron chi connectivity index (χ3n) is 2.71. The summed E-state index contributed by atoms with van der Waals surface area (Å²) in [5.41, 5.74) is 8.30. The zero-order valence-electron chi connectivity index (χ0n) is 11.0. The highest BCUT2D eigenvalue weighted by Gasteiger charge is 2.06. The minimum absolute atomic E-state index is 0.00358. The van der Waals surface area contributed by atoms with E-state index in [2.05, 4.69) is 27.9 Å². The van der Waals surface area contributed by atoms with Gasteiger partial charge in [0.15, 0.2) is 0 Å². The first-order valence-corrected chi connectivity index (χ1v) is 8.15. The number of thioether (sulfide) groups is 1. The average molecular weight is 398 g/mol. The lowest BCUT2D eigenvalue weighted by molar-refractivity contribution is -0.113. The van der Waals surface area contributed by atoms with E-state index in [-0.39, 0.29) is 5.91 Å². The molecule has 0 radical (unpaired) electrons. The van der Waals surface area contributed by atoms with Crippen LogP contribution in [0.5, 0.6) is 0 Å². The van der Waals surface area contributed by atoms with Gasteiger partial charge in [-0.3, -0.25) is 4.79 Å². The van der Waals surface area contributed by atoms with Crippen LogP contribution in [0.1, 0.15) is 5.56 Å². The van der Waals surface area contributed by atoms with Crippen LogP contribution in [0.3, 0.4) is 0 Å². The van der Waals surface area contributed by atoms with E-state index in [9.17, 15) is 4.79 Å². The zero-order chi connectivity index (χ0) is 14.5. The molecule has 0 bridgehead atoms. The molecule has 2 aromatic rings. The second-order valence-electron chi connectivity index (χ2n) is 4.37. The van der Waals surface area contributed by atoms with Gasteiger partial charge in [0.2, 0.25) is 5.91 Å². The molecule has 0 spiro atoms. The number of hydrogen-bond donors (Lipinski definition) is 2. The molecule has 2 aromatic carbocycles. The van der Waals surface area contributed by atoms with E-state index in [1.807, 2.05) is 49.4 Å². The molecule has 3 N–H and O–H groups in total. The van der Waals surface area contributed by atoms with Crippen molar-refractivity contribution in [1.82, 2.24) is 0 Å². The topological polar surface area (TPSA) is 55.1 Å². The molecule has 3 nitrogen and oxygen atoms in total. The summed E-state index contributed by atoms with van der Waals surface area (Å²) < 4.78 is 1.16. The predicted molar refractivity (Wildman–Crippen MR) is 94.1 cm³/mol. The van der Waals surface area contributed by atoms with Crippen LogP contribution in [-0.4, -0.2) is 11.7 Å². The van der Waals surface area contributed by atoms with Crippen LogP contribution in [0.15, 0.2) is 47.4 Å². The predicted octanol–water partition coefficient (Wildman–Crippen LogP) is 3.91. The molecule has 5 heteroatoms. The first-order chi connectivity index (χ1) is 9.54. The molecule has 0 saturated heterocycles. The standard InChI is InChI=1S/C15H15IN2OS/c1-10-8-11(16)2-7-14(10)18-15(19)9-20-13-5-3-12(17)4-6-13/h2-8H,9,17H2,1H3,(H,18,19). The number of nitrogens with two attached hydrogens (primary N) is 1. The molecule has 0 aliphatic heterocycles. The number of anilines is 2. The first kappa shape index (κ1) is 15.2. The monoisotopic (exact) mass is 398 g/mol. The smallest absolute Gasteiger partial charge is 0.234 e. The van der Waals surface area contributed by atoms with Crippen molar-refractivity contribution in [3.8, 4) is 0 Å². The molecule has 0 aliphatic rings. The Morgan fingerprint density at radius 3 is 2.60 bits per heavy atom. The van der Waals surface area contributed by atoms with Crippen molar-refractivity contribution in [2.75, 3.05) is 16.8 Å². The Bertz CT molecular complexity index is 614. The van der Waals surface area contributed by atoms with Crippen LogP contribution >= 0.6 is 34.4 Å². The van der Waals surface area contributed by atoms with Crippen molar-refractivity contribution in [3.05, 3.63) is 51.6 Å². The molecule has 104 valence electrons. The van der Waals surface area contributed by atoms with Gasteiger partial charge in [-0.2, -0.15) is 0 Å². The van der Waals surface area contributed by atoms with Gasteiger partial charge in [0.25, 0.3) is 0 Å². The molecule has 2 rings (SSSR count). The van der Waals surface area contributed by atoms with Crippen LogP contribution in [0.4, 0.5) is 11.4 Å². The number of amides is 1. The zero-order valence-corrected chi connectivity index (χ0v) is 14.0. The molecule has 0 aromatic heterocycles. The Labute approximate surface area is 136 Å². The van der Waals surface area contributed by atoms with Crippen molar-refractivity contribution in [1.29, 1.82) is 0 Å². The summed E-state index contributed by atoms with van der Waals surface area (Å²) in [6, 6.07) is 13.5. The number of carbonyl (C=O) groups is 1. The molecule has 20 heavy (non-hydrogen) atoms. The fourth-order valence-corrected chi connectivity index (χ4v) is 3.01. The van der Waals surface area contributed by atoms with Gasteiger partial charge in [0.1, 0.15) is 0 Å². The lowest BCUT2D eigenvalue weighted by Gasteiger charge is -2.08. The van der Waals surface area contributed by atoms with E-state index in [0.29, 0.717) is 5.75 Å².